The average molecular weight is 731 g/mol. The van der Waals surface area contributed by atoms with Crippen LogP contribution >= 0.6 is 0 Å². The van der Waals surface area contributed by atoms with E-state index in [9.17, 15) is 41.5 Å². The van der Waals surface area contributed by atoms with Gasteiger partial charge in [0.2, 0.25) is 35.1 Å². The molecule has 53 heavy (non-hydrogen) atoms. The molecule has 0 radical (unpaired) electrons. The van der Waals surface area contributed by atoms with Crippen LogP contribution in [0.1, 0.15) is 59.2 Å². The summed E-state index contributed by atoms with van der Waals surface area (Å²) in [5.74, 6) is -4.86. The summed E-state index contributed by atoms with van der Waals surface area (Å²) in [5.41, 5.74) is -0.0883. The fourth-order valence-corrected chi connectivity index (χ4v) is 5.05. The van der Waals surface area contributed by atoms with Gasteiger partial charge in [0.1, 0.15) is 0 Å². The maximum atomic E-state index is 14.0. The number of terminal acetylenes is 3. The summed E-state index contributed by atoms with van der Waals surface area (Å²) < 4.78 is 59.6. The minimum Gasteiger partial charge on any atom is -0.416 e. The van der Waals surface area contributed by atoms with Gasteiger partial charge in [-0.1, -0.05) is 42.0 Å². The first-order chi connectivity index (χ1) is 25.3. The lowest BCUT2D eigenvalue weighted by atomic mass is 9.82. The van der Waals surface area contributed by atoms with Gasteiger partial charge in [0.25, 0.3) is 5.91 Å². The van der Waals surface area contributed by atoms with Crippen molar-refractivity contribution in [2.24, 2.45) is 0 Å². The van der Waals surface area contributed by atoms with Crippen LogP contribution in [0.4, 0.5) is 17.6 Å². The summed E-state index contributed by atoms with van der Waals surface area (Å²) in [6.07, 6.45) is 15.6. The molecule has 0 aromatic heterocycles. The van der Waals surface area contributed by atoms with Crippen LogP contribution in [0.2, 0.25) is 0 Å². The minimum atomic E-state index is -1.86. The summed E-state index contributed by atoms with van der Waals surface area (Å²) in [5, 5.41) is 10.6. The van der Waals surface area contributed by atoms with Crippen molar-refractivity contribution in [1.82, 2.24) is 21.3 Å². The van der Waals surface area contributed by atoms with Crippen LogP contribution in [0, 0.1) is 60.3 Å². The van der Waals surface area contributed by atoms with E-state index in [1.54, 1.807) is 12.1 Å². The number of rotatable bonds is 17. The molecular formula is C39H34F4N4O6. The summed E-state index contributed by atoms with van der Waals surface area (Å²) in [7, 11) is 0. The number of nitrogens with one attached hydrogen (secondary N) is 4. The average Bonchev–Trinajstić information content (AvgIpc) is 3.16. The second-order valence-electron chi connectivity index (χ2n) is 11.5. The van der Waals surface area contributed by atoms with Gasteiger partial charge in [-0.15, -0.1) is 19.3 Å². The lowest BCUT2D eigenvalue weighted by molar-refractivity contribution is -0.121. The van der Waals surface area contributed by atoms with Crippen molar-refractivity contribution in [1.29, 1.82) is 0 Å². The SMILES string of the molecule is C#CCNC(=O)CCC(CCC(=O)NCC#C)(CCC(=O)NCC#C)NC(=O)c1ccc(-c2ccc(C(=O)Oc3c(F)c(F)cc(F)c3F)cc2)cc1. The number of ether oxygens (including phenoxy) is 1. The Hall–Kier alpha value is -6.59. The van der Waals surface area contributed by atoms with E-state index in [4.69, 9.17) is 19.3 Å². The maximum Gasteiger partial charge on any atom is 0.343 e. The lowest BCUT2D eigenvalue weighted by Crippen LogP contribution is -2.50. The van der Waals surface area contributed by atoms with Gasteiger partial charge in [0.15, 0.2) is 11.6 Å². The van der Waals surface area contributed by atoms with Crippen LogP contribution in [0.5, 0.6) is 5.75 Å². The number of amides is 4. The quantitative estimate of drug-likeness (QED) is 0.0540. The van der Waals surface area contributed by atoms with Crippen LogP contribution in [0.25, 0.3) is 11.1 Å². The highest BCUT2D eigenvalue weighted by atomic mass is 19.2. The Kier molecular flexibility index (Phi) is 15.2. The molecule has 0 atom stereocenters. The molecule has 0 aliphatic heterocycles. The van der Waals surface area contributed by atoms with Crippen molar-refractivity contribution in [3.63, 3.8) is 0 Å². The van der Waals surface area contributed by atoms with Crippen LogP contribution in [-0.4, -0.2) is 54.8 Å². The highest BCUT2D eigenvalue weighted by Gasteiger charge is 2.34. The van der Waals surface area contributed by atoms with Gasteiger partial charge in [-0.3, -0.25) is 19.2 Å². The first-order valence-electron chi connectivity index (χ1n) is 16.0. The van der Waals surface area contributed by atoms with E-state index in [-0.39, 0.29) is 75.4 Å². The van der Waals surface area contributed by atoms with E-state index in [2.05, 4.69) is 43.8 Å². The van der Waals surface area contributed by atoms with Crippen molar-refractivity contribution in [2.45, 2.75) is 44.1 Å². The molecule has 4 amide bonds. The van der Waals surface area contributed by atoms with Gasteiger partial charge in [0, 0.05) is 36.4 Å². The van der Waals surface area contributed by atoms with E-state index in [1.807, 2.05) is 0 Å². The van der Waals surface area contributed by atoms with E-state index in [0.29, 0.717) is 11.1 Å². The van der Waals surface area contributed by atoms with Crippen molar-refractivity contribution >= 4 is 29.6 Å². The third kappa shape index (κ3) is 12.0. The Balaban J connectivity index is 1.82. The van der Waals surface area contributed by atoms with Crippen molar-refractivity contribution in [3.8, 4) is 53.9 Å². The molecule has 0 bridgehead atoms. The number of carbonyl (C=O) groups excluding carboxylic acids is 5. The normalized spacial score (nSPS) is 10.5. The molecule has 0 unspecified atom stereocenters. The third-order valence-electron chi connectivity index (χ3n) is 7.90. The van der Waals surface area contributed by atoms with Gasteiger partial charge < -0.3 is 26.0 Å². The summed E-state index contributed by atoms with van der Waals surface area (Å²) >= 11 is 0. The molecule has 0 spiro atoms. The van der Waals surface area contributed by atoms with Crippen LogP contribution in [-0.2, 0) is 14.4 Å². The molecule has 3 aromatic rings. The van der Waals surface area contributed by atoms with E-state index in [1.165, 1.54) is 36.4 Å². The Labute approximate surface area is 303 Å². The molecule has 0 heterocycles. The van der Waals surface area contributed by atoms with Gasteiger partial charge in [-0.05, 0) is 54.7 Å². The number of hydrogen-bond acceptors (Lipinski definition) is 6. The topological polar surface area (TPSA) is 143 Å². The largest absolute Gasteiger partial charge is 0.416 e. The number of halogens is 4. The maximum absolute atomic E-state index is 14.0. The highest BCUT2D eigenvalue weighted by molar-refractivity contribution is 5.95. The first-order valence-corrected chi connectivity index (χ1v) is 16.0. The molecule has 0 aliphatic carbocycles. The zero-order chi connectivity index (χ0) is 39.0. The molecule has 0 saturated carbocycles. The third-order valence-corrected chi connectivity index (χ3v) is 7.90. The van der Waals surface area contributed by atoms with Gasteiger partial charge >= 0.3 is 5.97 Å². The molecular weight excluding hydrogens is 696 g/mol. The van der Waals surface area contributed by atoms with Gasteiger partial charge in [-0.2, -0.15) is 8.78 Å². The second-order valence-corrected chi connectivity index (χ2v) is 11.5. The van der Waals surface area contributed by atoms with Gasteiger partial charge in [-0.25, -0.2) is 13.6 Å². The van der Waals surface area contributed by atoms with Crippen LogP contribution in [0.15, 0.2) is 54.6 Å². The van der Waals surface area contributed by atoms with Crippen LogP contribution in [0.3, 0.4) is 0 Å². The molecule has 3 aromatic carbocycles. The Bertz CT molecular complexity index is 1850. The number of carbonyl (C=O) groups is 5. The number of esters is 1. The summed E-state index contributed by atoms with van der Waals surface area (Å²) in [6.45, 7) is -0.0522. The predicted molar refractivity (Wildman–Crippen MR) is 187 cm³/mol. The zero-order valence-corrected chi connectivity index (χ0v) is 28.3. The molecule has 0 fully saturated rings. The van der Waals surface area contributed by atoms with Crippen molar-refractivity contribution < 1.29 is 46.3 Å². The standard InChI is InChI=1S/C39H34F4N4O6/c1-4-21-44-31(48)15-18-39(19-16-32(49)45-22-5-2,20-17-33(50)46-23-6-3)47-37(51)27-11-7-25(8-12-27)26-9-13-28(14-10-26)38(52)53-36-34(42)29(40)24-30(41)35(36)43/h1-3,7-14,24H,15-23H2,(H,44,48)(H,45,49)(H,46,50)(H,47,51). The molecule has 0 aliphatic rings. The molecule has 3 rings (SSSR count). The van der Waals surface area contributed by atoms with Crippen molar-refractivity contribution in [3.05, 3.63) is 89.0 Å². The molecule has 4 N–H and O–H groups in total. The predicted octanol–water partition coefficient (Wildman–Crippen LogP) is 4.19. The Morgan fingerprint density at radius 2 is 0.981 bits per heavy atom. The fraction of sp³-hybridized carbons (Fsp3) is 0.256. The lowest BCUT2D eigenvalue weighted by Gasteiger charge is -2.35. The monoisotopic (exact) mass is 730 g/mol. The smallest absolute Gasteiger partial charge is 0.343 e. The number of hydrogen-bond donors (Lipinski definition) is 4. The fourth-order valence-electron chi connectivity index (χ4n) is 5.05. The van der Waals surface area contributed by atoms with Crippen LogP contribution < -0.4 is 26.0 Å². The molecule has 14 heteroatoms. The van der Waals surface area contributed by atoms with E-state index < -0.39 is 64.2 Å². The number of benzene rings is 3. The highest BCUT2D eigenvalue weighted by Crippen LogP contribution is 2.29. The Morgan fingerprint density at radius 1 is 0.604 bits per heavy atom. The summed E-state index contributed by atoms with van der Waals surface area (Å²) in [4.78, 5) is 63.7. The van der Waals surface area contributed by atoms with E-state index in [0.717, 1.165) is 0 Å². The molecule has 274 valence electrons. The van der Waals surface area contributed by atoms with Gasteiger partial charge in [0.05, 0.1) is 25.2 Å². The summed E-state index contributed by atoms with van der Waals surface area (Å²) in [6, 6.07) is 11.6. The molecule has 10 nitrogen and oxygen atoms in total. The van der Waals surface area contributed by atoms with Crippen molar-refractivity contribution in [2.75, 3.05) is 19.6 Å². The Morgan fingerprint density at radius 3 is 1.36 bits per heavy atom. The first kappa shape index (κ1) is 40.8. The second kappa shape index (κ2) is 19.7. The molecule has 0 saturated heterocycles. The van der Waals surface area contributed by atoms with E-state index >= 15 is 0 Å². The zero-order valence-electron chi connectivity index (χ0n) is 28.3. The minimum absolute atomic E-state index is 0.0136.